The Balaban J connectivity index is 2.19. The number of fused-ring (bicyclic) bond motifs is 1. The molecule has 1 aromatic carbocycles. The summed E-state index contributed by atoms with van der Waals surface area (Å²) >= 11 is 1.37. The van der Waals surface area contributed by atoms with E-state index in [1.165, 1.54) is 11.3 Å². The minimum atomic E-state index is -1.02. The molecule has 4 nitrogen and oxygen atoms in total. The summed E-state index contributed by atoms with van der Waals surface area (Å²) in [4.78, 5) is 16.0. The molecule has 0 fully saturated rings. The van der Waals surface area contributed by atoms with E-state index in [2.05, 4.69) is 4.98 Å². The zero-order valence-electron chi connectivity index (χ0n) is 10.2. The molecule has 19 heavy (non-hydrogen) atoms. The molecule has 2 heterocycles. The van der Waals surface area contributed by atoms with Gasteiger partial charge in [0.05, 0.1) is 5.01 Å². The third-order valence-electron chi connectivity index (χ3n) is 2.83. The van der Waals surface area contributed by atoms with Crippen LogP contribution >= 0.6 is 11.3 Å². The molecule has 96 valence electrons. The Morgan fingerprint density at radius 1 is 1.42 bits per heavy atom. The number of carboxylic acid groups (broad SMARTS) is 1. The highest BCUT2D eigenvalue weighted by atomic mass is 32.1. The molecule has 1 N–H and O–H groups in total. The molecule has 2 aromatic heterocycles. The summed E-state index contributed by atoms with van der Waals surface area (Å²) in [5.41, 5.74) is 0.821. The van der Waals surface area contributed by atoms with Gasteiger partial charge in [0.25, 0.3) is 0 Å². The topological polar surface area (TPSA) is 63.3 Å². The van der Waals surface area contributed by atoms with Crippen molar-refractivity contribution in [2.75, 3.05) is 0 Å². The lowest BCUT2D eigenvalue weighted by atomic mass is 10.2. The van der Waals surface area contributed by atoms with Crippen LogP contribution in [0, 0.1) is 0 Å². The van der Waals surface area contributed by atoms with Crippen LogP contribution in [0.15, 0.2) is 34.7 Å². The molecule has 0 radical (unpaired) electrons. The van der Waals surface area contributed by atoms with Crippen LogP contribution in [-0.4, -0.2) is 16.1 Å². The minimum Gasteiger partial charge on any atom is -0.476 e. The summed E-state index contributed by atoms with van der Waals surface area (Å²) in [6, 6.07) is 9.46. The predicted molar refractivity (Wildman–Crippen MR) is 73.7 cm³/mol. The Morgan fingerprint density at radius 2 is 2.21 bits per heavy atom. The number of para-hydroxylation sites is 1. The monoisotopic (exact) mass is 273 g/mol. The molecule has 0 unspecified atom stereocenters. The summed E-state index contributed by atoms with van der Waals surface area (Å²) in [6.45, 7) is 1.95. The standard InChI is InChI=1S/C14H11NO3S/c1-2-11-15-12(14(16)17)13(19-11)10-7-8-5-3-4-6-9(8)18-10/h3-7H,2H2,1H3,(H,16,17). The zero-order valence-corrected chi connectivity index (χ0v) is 11.0. The number of aromatic carboxylic acids is 1. The normalized spacial score (nSPS) is 11.0. The van der Waals surface area contributed by atoms with E-state index >= 15 is 0 Å². The third kappa shape index (κ3) is 2.02. The van der Waals surface area contributed by atoms with Crippen molar-refractivity contribution in [2.45, 2.75) is 13.3 Å². The molecule has 0 saturated heterocycles. The van der Waals surface area contributed by atoms with Crippen LogP contribution in [0.4, 0.5) is 0 Å². The molecule has 0 amide bonds. The number of carbonyl (C=O) groups is 1. The quantitative estimate of drug-likeness (QED) is 0.788. The lowest BCUT2D eigenvalue weighted by Gasteiger charge is -1.92. The van der Waals surface area contributed by atoms with Crippen LogP contribution in [0.5, 0.6) is 0 Å². The van der Waals surface area contributed by atoms with Gasteiger partial charge in [-0.2, -0.15) is 0 Å². The lowest BCUT2D eigenvalue weighted by molar-refractivity contribution is 0.0692. The summed E-state index contributed by atoms with van der Waals surface area (Å²) < 4.78 is 5.71. The van der Waals surface area contributed by atoms with E-state index in [1.54, 1.807) is 0 Å². The Labute approximate surface area is 113 Å². The van der Waals surface area contributed by atoms with Crippen molar-refractivity contribution in [3.8, 4) is 10.6 Å². The van der Waals surface area contributed by atoms with Crippen LogP contribution in [0.25, 0.3) is 21.6 Å². The minimum absolute atomic E-state index is 0.0703. The predicted octanol–water partition coefficient (Wildman–Crippen LogP) is 3.82. The zero-order chi connectivity index (χ0) is 13.4. The molecule has 3 rings (SSSR count). The fourth-order valence-corrected chi connectivity index (χ4v) is 2.87. The first-order chi connectivity index (χ1) is 9.19. The van der Waals surface area contributed by atoms with Gasteiger partial charge < -0.3 is 9.52 Å². The number of furan rings is 1. The van der Waals surface area contributed by atoms with Crippen molar-refractivity contribution in [3.63, 3.8) is 0 Å². The summed E-state index contributed by atoms with van der Waals surface area (Å²) in [7, 11) is 0. The highest BCUT2D eigenvalue weighted by Gasteiger charge is 2.20. The number of thiazole rings is 1. The van der Waals surface area contributed by atoms with E-state index in [4.69, 9.17) is 4.42 Å². The Morgan fingerprint density at radius 3 is 2.89 bits per heavy atom. The molecule has 0 aliphatic rings. The van der Waals surface area contributed by atoms with Crippen LogP contribution < -0.4 is 0 Å². The van der Waals surface area contributed by atoms with Gasteiger partial charge in [-0.05, 0) is 18.6 Å². The molecule has 0 aliphatic heterocycles. The molecule has 3 aromatic rings. The van der Waals surface area contributed by atoms with Crippen LogP contribution in [0.2, 0.25) is 0 Å². The maximum absolute atomic E-state index is 11.2. The highest BCUT2D eigenvalue weighted by Crippen LogP contribution is 2.34. The molecule has 0 atom stereocenters. The van der Waals surface area contributed by atoms with Crippen LogP contribution in [-0.2, 0) is 6.42 Å². The molecular formula is C14H11NO3S. The van der Waals surface area contributed by atoms with Crippen molar-refractivity contribution in [2.24, 2.45) is 0 Å². The smallest absolute Gasteiger partial charge is 0.356 e. The van der Waals surface area contributed by atoms with Gasteiger partial charge in [-0.1, -0.05) is 25.1 Å². The lowest BCUT2D eigenvalue weighted by Crippen LogP contribution is -1.98. The second-order valence-electron chi connectivity index (χ2n) is 4.09. The van der Waals surface area contributed by atoms with Crippen LogP contribution in [0.3, 0.4) is 0 Å². The molecule has 5 heteroatoms. The van der Waals surface area contributed by atoms with Gasteiger partial charge >= 0.3 is 5.97 Å². The van der Waals surface area contributed by atoms with Gasteiger partial charge in [-0.25, -0.2) is 9.78 Å². The van der Waals surface area contributed by atoms with Crippen molar-refractivity contribution < 1.29 is 14.3 Å². The van der Waals surface area contributed by atoms with Gasteiger partial charge in [-0.3, -0.25) is 0 Å². The average Bonchev–Trinajstić information content (AvgIpc) is 3.02. The average molecular weight is 273 g/mol. The third-order valence-corrected chi connectivity index (χ3v) is 4.04. The van der Waals surface area contributed by atoms with Crippen LogP contribution in [0.1, 0.15) is 22.4 Å². The van der Waals surface area contributed by atoms with Crippen molar-refractivity contribution in [3.05, 3.63) is 41.0 Å². The second-order valence-corrected chi connectivity index (χ2v) is 5.18. The van der Waals surface area contributed by atoms with E-state index in [0.717, 1.165) is 16.0 Å². The summed E-state index contributed by atoms with van der Waals surface area (Å²) in [5.74, 6) is -0.456. The molecule has 0 spiro atoms. The first kappa shape index (κ1) is 11.9. The SMILES string of the molecule is CCc1nc(C(=O)O)c(-c2cc3ccccc3o2)s1. The van der Waals surface area contributed by atoms with Crippen molar-refractivity contribution in [1.82, 2.24) is 4.98 Å². The number of carboxylic acids is 1. The first-order valence-electron chi connectivity index (χ1n) is 5.91. The number of benzene rings is 1. The number of nitrogens with zero attached hydrogens (tertiary/aromatic N) is 1. The van der Waals surface area contributed by atoms with Crippen molar-refractivity contribution in [1.29, 1.82) is 0 Å². The molecule has 0 saturated carbocycles. The first-order valence-corrected chi connectivity index (χ1v) is 6.72. The van der Waals surface area contributed by atoms with Crippen molar-refractivity contribution >= 4 is 28.3 Å². The van der Waals surface area contributed by atoms with E-state index < -0.39 is 5.97 Å². The van der Waals surface area contributed by atoms with E-state index in [1.807, 2.05) is 37.3 Å². The van der Waals surface area contributed by atoms with Gasteiger partial charge in [0.1, 0.15) is 16.2 Å². The largest absolute Gasteiger partial charge is 0.476 e. The Hall–Kier alpha value is -2.14. The maximum atomic E-state index is 11.2. The maximum Gasteiger partial charge on any atom is 0.356 e. The van der Waals surface area contributed by atoms with E-state index in [9.17, 15) is 9.90 Å². The second kappa shape index (κ2) is 4.51. The summed E-state index contributed by atoms with van der Waals surface area (Å²) in [5, 5.41) is 11.0. The molecule has 0 bridgehead atoms. The fraction of sp³-hybridized carbons (Fsp3) is 0.143. The Kier molecular flexibility index (Phi) is 2.83. The summed E-state index contributed by atoms with van der Waals surface area (Å²) in [6.07, 6.45) is 0.713. The fourth-order valence-electron chi connectivity index (χ4n) is 1.92. The van der Waals surface area contributed by atoms with Gasteiger partial charge in [0.15, 0.2) is 5.69 Å². The van der Waals surface area contributed by atoms with E-state index in [0.29, 0.717) is 17.1 Å². The number of hydrogen-bond acceptors (Lipinski definition) is 4. The Bertz CT molecular complexity index is 724. The molecule has 0 aliphatic carbocycles. The van der Waals surface area contributed by atoms with Gasteiger partial charge in [-0.15, -0.1) is 11.3 Å². The highest BCUT2D eigenvalue weighted by molar-refractivity contribution is 7.15. The number of rotatable bonds is 3. The van der Waals surface area contributed by atoms with E-state index in [-0.39, 0.29) is 5.69 Å². The van der Waals surface area contributed by atoms with Gasteiger partial charge in [0.2, 0.25) is 0 Å². The number of aromatic nitrogens is 1. The number of aryl methyl sites for hydroxylation is 1. The number of hydrogen-bond donors (Lipinski definition) is 1. The van der Waals surface area contributed by atoms with Gasteiger partial charge in [0, 0.05) is 5.39 Å². The molecular weight excluding hydrogens is 262 g/mol.